The molecule has 3 rings (SSSR count). The number of hydrogen-bond donors (Lipinski definition) is 1. The first kappa shape index (κ1) is 18.5. The quantitative estimate of drug-likeness (QED) is 0.876. The van der Waals surface area contributed by atoms with Crippen LogP contribution in [0, 0.1) is 11.8 Å². The highest BCUT2D eigenvalue weighted by atomic mass is 16.6. The van der Waals surface area contributed by atoms with Crippen molar-refractivity contribution in [2.45, 2.75) is 39.5 Å². The number of hydrogen-bond acceptors (Lipinski definition) is 4. The van der Waals surface area contributed by atoms with Crippen LogP contribution in [-0.2, 0) is 9.59 Å². The SMILES string of the molecule is CCC(CC)C(=O)N1CCC(C(=O)Nc2ccc3c(c2)OCCO3)CC1. The van der Waals surface area contributed by atoms with Gasteiger partial charge in [0, 0.05) is 36.7 Å². The molecule has 142 valence electrons. The number of fused-ring (bicyclic) bond motifs is 1. The molecule has 1 aromatic carbocycles. The minimum atomic E-state index is -0.0612. The summed E-state index contributed by atoms with van der Waals surface area (Å²) in [6, 6.07) is 5.45. The van der Waals surface area contributed by atoms with E-state index in [1.807, 2.05) is 17.0 Å². The normalized spacial score (nSPS) is 17.3. The van der Waals surface area contributed by atoms with Gasteiger partial charge in [0.15, 0.2) is 11.5 Å². The molecule has 2 heterocycles. The molecule has 1 aromatic rings. The number of nitrogens with one attached hydrogen (secondary N) is 1. The Morgan fingerprint density at radius 3 is 2.42 bits per heavy atom. The fourth-order valence-corrected chi connectivity index (χ4v) is 3.62. The van der Waals surface area contributed by atoms with Crippen molar-refractivity contribution in [3.63, 3.8) is 0 Å². The van der Waals surface area contributed by atoms with Gasteiger partial charge in [-0.15, -0.1) is 0 Å². The molecule has 0 atom stereocenters. The van der Waals surface area contributed by atoms with E-state index >= 15 is 0 Å². The standard InChI is InChI=1S/C20H28N2O4/c1-3-14(4-2)20(24)22-9-7-15(8-10-22)19(23)21-16-5-6-17-18(13-16)26-12-11-25-17/h5-6,13-15H,3-4,7-12H2,1-2H3,(H,21,23). The van der Waals surface area contributed by atoms with Gasteiger partial charge in [-0.3, -0.25) is 9.59 Å². The first-order chi connectivity index (χ1) is 12.6. The Bertz CT molecular complexity index is 649. The van der Waals surface area contributed by atoms with E-state index in [4.69, 9.17) is 9.47 Å². The summed E-state index contributed by atoms with van der Waals surface area (Å²) in [5.41, 5.74) is 0.717. The van der Waals surface area contributed by atoms with E-state index in [2.05, 4.69) is 19.2 Å². The lowest BCUT2D eigenvalue weighted by molar-refractivity contribution is -0.138. The number of amides is 2. The zero-order valence-corrected chi connectivity index (χ0v) is 15.6. The highest BCUT2D eigenvalue weighted by molar-refractivity contribution is 5.93. The van der Waals surface area contributed by atoms with Gasteiger partial charge in [0.1, 0.15) is 13.2 Å². The average Bonchev–Trinajstić information content (AvgIpc) is 2.69. The highest BCUT2D eigenvalue weighted by Gasteiger charge is 2.29. The van der Waals surface area contributed by atoms with Crippen molar-refractivity contribution in [3.05, 3.63) is 18.2 Å². The Kier molecular flexibility index (Phi) is 6.01. The molecule has 0 aliphatic carbocycles. The Morgan fingerprint density at radius 1 is 1.12 bits per heavy atom. The fraction of sp³-hybridized carbons (Fsp3) is 0.600. The zero-order chi connectivity index (χ0) is 18.5. The molecule has 6 nitrogen and oxygen atoms in total. The summed E-state index contributed by atoms with van der Waals surface area (Å²) in [6.45, 7) is 6.50. The summed E-state index contributed by atoms with van der Waals surface area (Å²) in [6.07, 6.45) is 3.17. The number of carbonyl (C=O) groups excluding carboxylic acids is 2. The van der Waals surface area contributed by atoms with Crippen molar-refractivity contribution < 1.29 is 19.1 Å². The van der Waals surface area contributed by atoms with Crippen LogP contribution in [0.5, 0.6) is 11.5 Å². The van der Waals surface area contributed by atoms with Gasteiger partial charge in [-0.25, -0.2) is 0 Å². The minimum absolute atomic E-state index is 0.0105. The second-order valence-corrected chi connectivity index (χ2v) is 6.96. The van der Waals surface area contributed by atoms with Crippen LogP contribution >= 0.6 is 0 Å². The molecule has 2 aliphatic rings. The average molecular weight is 360 g/mol. The van der Waals surface area contributed by atoms with Gasteiger partial charge in [0.2, 0.25) is 11.8 Å². The third-order valence-electron chi connectivity index (χ3n) is 5.32. The molecule has 0 unspecified atom stereocenters. The van der Waals surface area contributed by atoms with Gasteiger partial charge in [0.05, 0.1) is 0 Å². The van der Waals surface area contributed by atoms with E-state index in [1.165, 1.54) is 0 Å². The molecule has 26 heavy (non-hydrogen) atoms. The van der Waals surface area contributed by atoms with Crippen LogP contribution in [0.4, 0.5) is 5.69 Å². The summed E-state index contributed by atoms with van der Waals surface area (Å²) in [5.74, 6) is 1.67. The Hall–Kier alpha value is -2.24. The molecule has 2 amide bonds. The van der Waals surface area contributed by atoms with Crippen molar-refractivity contribution in [2.24, 2.45) is 11.8 Å². The number of rotatable bonds is 5. The number of benzene rings is 1. The summed E-state index contributed by atoms with van der Waals surface area (Å²) in [7, 11) is 0. The van der Waals surface area contributed by atoms with Crippen LogP contribution in [0.2, 0.25) is 0 Å². The van der Waals surface area contributed by atoms with Gasteiger partial charge < -0.3 is 19.7 Å². The lowest BCUT2D eigenvalue weighted by Gasteiger charge is -2.33. The van der Waals surface area contributed by atoms with Crippen molar-refractivity contribution in [1.29, 1.82) is 0 Å². The predicted octanol–water partition coefficient (Wildman–Crippen LogP) is 3.07. The van der Waals surface area contributed by atoms with Crippen molar-refractivity contribution in [2.75, 3.05) is 31.6 Å². The summed E-state index contributed by atoms with van der Waals surface area (Å²) in [5, 5.41) is 2.97. The molecule has 0 aromatic heterocycles. The van der Waals surface area contributed by atoms with Crippen molar-refractivity contribution in [3.8, 4) is 11.5 Å². The number of ether oxygens (including phenoxy) is 2. The molecule has 1 saturated heterocycles. The maximum Gasteiger partial charge on any atom is 0.227 e. The molecule has 0 bridgehead atoms. The zero-order valence-electron chi connectivity index (χ0n) is 15.6. The molecule has 1 fully saturated rings. The van der Waals surface area contributed by atoms with Gasteiger partial charge in [-0.1, -0.05) is 13.8 Å². The van der Waals surface area contributed by atoms with E-state index in [0.29, 0.717) is 50.6 Å². The van der Waals surface area contributed by atoms with Gasteiger partial charge in [-0.05, 0) is 37.8 Å². The van der Waals surface area contributed by atoms with Crippen LogP contribution in [0.15, 0.2) is 18.2 Å². The number of anilines is 1. The lowest BCUT2D eigenvalue weighted by atomic mass is 9.93. The van der Waals surface area contributed by atoms with E-state index in [1.54, 1.807) is 6.07 Å². The highest BCUT2D eigenvalue weighted by Crippen LogP contribution is 2.33. The smallest absolute Gasteiger partial charge is 0.227 e. The topological polar surface area (TPSA) is 67.9 Å². The number of nitrogens with zero attached hydrogens (tertiary/aromatic N) is 1. The molecular weight excluding hydrogens is 332 g/mol. The largest absolute Gasteiger partial charge is 0.486 e. The van der Waals surface area contributed by atoms with Crippen LogP contribution < -0.4 is 14.8 Å². The number of piperidine rings is 1. The lowest BCUT2D eigenvalue weighted by Crippen LogP contribution is -2.43. The second-order valence-electron chi connectivity index (χ2n) is 6.96. The van der Waals surface area contributed by atoms with Crippen LogP contribution in [0.1, 0.15) is 39.5 Å². The van der Waals surface area contributed by atoms with Gasteiger partial charge in [-0.2, -0.15) is 0 Å². The van der Waals surface area contributed by atoms with E-state index < -0.39 is 0 Å². The molecule has 6 heteroatoms. The number of carbonyl (C=O) groups is 2. The molecule has 0 spiro atoms. The first-order valence-corrected chi connectivity index (χ1v) is 9.61. The number of likely N-dealkylation sites (tertiary alicyclic amines) is 1. The van der Waals surface area contributed by atoms with Crippen LogP contribution in [0.25, 0.3) is 0 Å². The summed E-state index contributed by atoms with van der Waals surface area (Å²) in [4.78, 5) is 27.0. The molecule has 0 saturated carbocycles. The Morgan fingerprint density at radius 2 is 1.77 bits per heavy atom. The van der Waals surface area contributed by atoms with E-state index in [9.17, 15) is 9.59 Å². The predicted molar refractivity (Wildman–Crippen MR) is 99.4 cm³/mol. The van der Waals surface area contributed by atoms with Crippen molar-refractivity contribution >= 4 is 17.5 Å². The minimum Gasteiger partial charge on any atom is -0.486 e. The van der Waals surface area contributed by atoms with Crippen LogP contribution in [0.3, 0.4) is 0 Å². The molecule has 2 aliphatic heterocycles. The fourth-order valence-electron chi connectivity index (χ4n) is 3.62. The van der Waals surface area contributed by atoms with Crippen LogP contribution in [-0.4, -0.2) is 43.0 Å². The maximum atomic E-state index is 12.6. The summed E-state index contributed by atoms with van der Waals surface area (Å²) < 4.78 is 11.1. The third kappa shape index (κ3) is 4.11. The maximum absolute atomic E-state index is 12.6. The van der Waals surface area contributed by atoms with E-state index in [-0.39, 0.29) is 23.7 Å². The molecule has 1 N–H and O–H groups in total. The first-order valence-electron chi connectivity index (χ1n) is 9.61. The third-order valence-corrected chi connectivity index (χ3v) is 5.32. The Balaban J connectivity index is 1.53. The monoisotopic (exact) mass is 360 g/mol. The summed E-state index contributed by atoms with van der Waals surface area (Å²) >= 11 is 0. The molecule has 0 radical (unpaired) electrons. The van der Waals surface area contributed by atoms with Crippen molar-refractivity contribution in [1.82, 2.24) is 4.90 Å². The second kappa shape index (κ2) is 8.43. The Labute approximate surface area is 154 Å². The molecular formula is C20H28N2O4. The van der Waals surface area contributed by atoms with Gasteiger partial charge in [0.25, 0.3) is 0 Å². The van der Waals surface area contributed by atoms with Gasteiger partial charge >= 0.3 is 0 Å². The van der Waals surface area contributed by atoms with E-state index in [0.717, 1.165) is 18.5 Å².